The van der Waals surface area contributed by atoms with Crippen molar-refractivity contribution in [3.8, 4) is 5.75 Å². The number of halogens is 1. The predicted molar refractivity (Wildman–Crippen MR) is 73.9 cm³/mol. The molecule has 1 aromatic carbocycles. The van der Waals surface area contributed by atoms with Gasteiger partial charge in [-0.2, -0.15) is 0 Å². The highest BCUT2D eigenvalue weighted by Gasteiger charge is 2.16. The molecule has 112 valence electrons. The van der Waals surface area contributed by atoms with Gasteiger partial charge in [-0.25, -0.2) is 27.5 Å². The van der Waals surface area contributed by atoms with Crippen molar-refractivity contribution in [2.24, 2.45) is 0 Å². The van der Waals surface area contributed by atoms with E-state index in [2.05, 4.69) is 14.7 Å². The monoisotopic (exact) mass is 311 g/mol. The minimum Gasteiger partial charge on any atom is -0.494 e. The molecular formula is C13H14FN3O3S. The molecule has 1 heterocycles. The average molecular weight is 311 g/mol. The number of hydrogen-bond acceptors (Lipinski definition) is 5. The lowest BCUT2D eigenvalue weighted by Crippen LogP contribution is -2.26. The van der Waals surface area contributed by atoms with Crippen LogP contribution in [0.25, 0.3) is 0 Å². The summed E-state index contributed by atoms with van der Waals surface area (Å²) in [5, 5.41) is 0. The third-order valence-corrected chi connectivity index (χ3v) is 4.21. The number of rotatable bonds is 6. The highest BCUT2D eigenvalue weighted by atomic mass is 32.2. The first-order chi connectivity index (χ1) is 10.0. The van der Waals surface area contributed by atoms with Crippen molar-refractivity contribution < 1.29 is 17.5 Å². The zero-order valence-electron chi connectivity index (χ0n) is 11.3. The second-order valence-corrected chi connectivity index (χ2v) is 5.96. The van der Waals surface area contributed by atoms with Gasteiger partial charge in [0.15, 0.2) is 11.6 Å². The van der Waals surface area contributed by atoms with Crippen LogP contribution in [-0.4, -0.2) is 32.0 Å². The van der Waals surface area contributed by atoms with E-state index in [0.29, 0.717) is 6.42 Å². The normalized spacial score (nSPS) is 11.3. The van der Waals surface area contributed by atoms with E-state index in [1.807, 2.05) is 0 Å². The Labute approximate surface area is 122 Å². The highest BCUT2D eigenvalue weighted by molar-refractivity contribution is 7.89. The fourth-order valence-electron chi connectivity index (χ4n) is 1.69. The van der Waals surface area contributed by atoms with Gasteiger partial charge in [0.1, 0.15) is 6.33 Å². The van der Waals surface area contributed by atoms with E-state index < -0.39 is 15.8 Å². The summed E-state index contributed by atoms with van der Waals surface area (Å²) in [6.45, 7) is 0.170. The van der Waals surface area contributed by atoms with Gasteiger partial charge in [-0.1, -0.05) is 0 Å². The summed E-state index contributed by atoms with van der Waals surface area (Å²) in [6, 6.07) is 3.48. The molecule has 21 heavy (non-hydrogen) atoms. The van der Waals surface area contributed by atoms with Crippen molar-refractivity contribution in [3.05, 3.63) is 48.3 Å². The molecule has 0 unspecified atom stereocenters. The number of methoxy groups -OCH3 is 1. The minimum absolute atomic E-state index is 0.00427. The molecule has 0 saturated heterocycles. The summed E-state index contributed by atoms with van der Waals surface area (Å²) < 4.78 is 44.7. The first kappa shape index (κ1) is 15.3. The van der Waals surface area contributed by atoms with Crippen molar-refractivity contribution in [2.45, 2.75) is 11.3 Å². The molecule has 1 aromatic heterocycles. The maximum Gasteiger partial charge on any atom is 0.240 e. The zero-order chi connectivity index (χ0) is 15.3. The van der Waals surface area contributed by atoms with Crippen molar-refractivity contribution in [2.75, 3.05) is 13.7 Å². The molecule has 2 aromatic rings. The maximum absolute atomic E-state index is 13.5. The topological polar surface area (TPSA) is 81.2 Å². The summed E-state index contributed by atoms with van der Waals surface area (Å²) in [6.07, 6.45) is 5.05. The molecule has 2 rings (SSSR count). The van der Waals surface area contributed by atoms with Gasteiger partial charge >= 0.3 is 0 Å². The smallest absolute Gasteiger partial charge is 0.240 e. The number of benzene rings is 1. The number of nitrogens with zero attached hydrogens (tertiary/aromatic N) is 2. The summed E-state index contributed by atoms with van der Waals surface area (Å²) >= 11 is 0. The number of aromatic nitrogens is 2. The summed E-state index contributed by atoms with van der Waals surface area (Å²) in [7, 11) is -2.45. The number of nitrogens with one attached hydrogen (secondary N) is 1. The fraction of sp³-hybridized carbons (Fsp3) is 0.231. The average Bonchev–Trinajstić information content (AvgIpc) is 2.48. The van der Waals surface area contributed by atoms with Crippen molar-refractivity contribution in [1.29, 1.82) is 0 Å². The number of ether oxygens (including phenoxy) is 1. The van der Waals surface area contributed by atoms with Crippen LogP contribution in [0.4, 0.5) is 4.39 Å². The zero-order valence-corrected chi connectivity index (χ0v) is 12.1. The van der Waals surface area contributed by atoms with Gasteiger partial charge in [-0.3, -0.25) is 0 Å². The van der Waals surface area contributed by atoms with Crippen LogP contribution in [0.15, 0.2) is 41.8 Å². The highest BCUT2D eigenvalue weighted by Crippen LogP contribution is 2.20. The van der Waals surface area contributed by atoms with Gasteiger partial charge in [0.05, 0.1) is 12.0 Å². The molecule has 0 bridgehead atoms. The Kier molecular flexibility index (Phi) is 4.81. The first-order valence-corrected chi connectivity index (χ1v) is 7.58. The van der Waals surface area contributed by atoms with E-state index in [9.17, 15) is 12.8 Å². The van der Waals surface area contributed by atoms with E-state index in [1.54, 1.807) is 12.4 Å². The molecule has 0 atom stereocenters. The van der Waals surface area contributed by atoms with Crippen LogP contribution >= 0.6 is 0 Å². The Bertz CT molecular complexity index is 708. The van der Waals surface area contributed by atoms with Crippen LogP contribution in [0.3, 0.4) is 0 Å². The maximum atomic E-state index is 13.5. The Hall–Kier alpha value is -2.06. The van der Waals surface area contributed by atoms with E-state index in [-0.39, 0.29) is 17.2 Å². The SMILES string of the molecule is COc1ccc(S(=O)(=O)NCCc2cncnc2)cc1F. The molecule has 0 aliphatic rings. The second-order valence-electron chi connectivity index (χ2n) is 4.19. The molecule has 0 spiro atoms. The largest absolute Gasteiger partial charge is 0.494 e. The molecule has 6 nitrogen and oxygen atoms in total. The molecule has 0 radical (unpaired) electrons. The van der Waals surface area contributed by atoms with Crippen LogP contribution in [-0.2, 0) is 16.4 Å². The molecule has 0 saturated carbocycles. The van der Waals surface area contributed by atoms with Crippen molar-refractivity contribution >= 4 is 10.0 Å². The minimum atomic E-state index is -3.76. The molecule has 0 fully saturated rings. The van der Waals surface area contributed by atoms with Crippen LogP contribution in [0.5, 0.6) is 5.75 Å². The first-order valence-electron chi connectivity index (χ1n) is 6.10. The lowest BCUT2D eigenvalue weighted by atomic mass is 10.2. The Morgan fingerprint density at radius 3 is 2.62 bits per heavy atom. The molecule has 0 amide bonds. The summed E-state index contributed by atoms with van der Waals surface area (Å²) in [5.74, 6) is -0.729. The van der Waals surface area contributed by atoms with Gasteiger partial charge in [-0.15, -0.1) is 0 Å². The third kappa shape index (κ3) is 3.96. The Balaban J connectivity index is 2.03. The lowest BCUT2D eigenvalue weighted by molar-refractivity contribution is 0.385. The van der Waals surface area contributed by atoms with Crippen LogP contribution in [0.2, 0.25) is 0 Å². The Morgan fingerprint density at radius 1 is 1.29 bits per heavy atom. The van der Waals surface area contributed by atoms with Gasteiger partial charge in [0, 0.05) is 18.9 Å². The predicted octanol–water partition coefficient (Wildman–Crippen LogP) is 1.15. The van der Waals surface area contributed by atoms with E-state index in [0.717, 1.165) is 11.6 Å². The van der Waals surface area contributed by atoms with E-state index in [4.69, 9.17) is 4.74 Å². The Morgan fingerprint density at radius 2 is 2.00 bits per heavy atom. The van der Waals surface area contributed by atoms with Gasteiger partial charge in [0.25, 0.3) is 0 Å². The van der Waals surface area contributed by atoms with Crippen LogP contribution in [0, 0.1) is 5.82 Å². The fourth-order valence-corrected chi connectivity index (χ4v) is 2.73. The van der Waals surface area contributed by atoms with Gasteiger partial charge < -0.3 is 4.74 Å². The molecule has 0 aliphatic heterocycles. The number of sulfonamides is 1. The van der Waals surface area contributed by atoms with Gasteiger partial charge in [0.2, 0.25) is 10.0 Å². The van der Waals surface area contributed by atoms with E-state index in [1.165, 1.54) is 25.6 Å². The van der Waals surface area contributed by atoms with Gasteiger partial charge in [-0.05, 0) is 30.2 Å². The van der Waals surface area contributed by atoms with E-state index >= 15 is 0 Å². The summed E-state index contributed by atoms with van der Waals surface area (Å²) in [5.41, 5.74) is 0.807. The summed E-state index contributed by atoms with van der Waals surface area (Å²) in [4.78, 5) is 7.53. The van der Waals surface area contributed by atoms with Crippen LogP contribution in [0.1, 0.15) is 5.56 Å². The molecular weight excluding hydrogens is 297 g/mol. The third-order valence-electron chi connectivity index (χ3n) is 2.75. The molecule has 0 aliphatic carbocycles. The standard InChI is InChI=1S/C13H14FN3O3S/c1-20-13-3-2-11(6-12(13)14)21(18,19)17-5-4-10-7-15-9-16-8-10/h2-3,6-9,17H,4-5H2,1H3. The molecule has 8 heteroatoms. The van der Waals surface area contributed by atoms with Crippen molar-refractivity contribution in [1.82, 2.24) is 14.7 Å². The second kappa shape index (κ2) is 6.59. The van der Waals surface area contributed by atoms with Crippen LogP contribution < -0.4 is 9.46 Å². The molecule has 1 N–H and O–H groups in total. The lowest BCUT2D eigenvalue weighted by Gasteiger charge is -2.08. The quantitative estimate of drug-likeness (QED) is 0.865. The van der Waals surface area contributed by atoms with Crippen molar-refractivity contribution in [3.63, 3.8) is 0 Å². The number of hydrogen-bond donors (Lipinski definition) is 1.